The van der Waals surface area contributed by atoms with Gasteiger partial charge in [-0.3, -0.25) is 4.79 Å². The van der Waals surface area contributed by atoms with E-state index in [0.29, 0.717) is 22.9 Å². The predicted molar refractivity (Wildman–Crippen MR) is 106 cm³/mol. The summed E-state index contributed by atoms with van der Waals surface area (Å²) in [6.07, 6.45) is 2.18. The van der Waals surface area contributed by atoms with Crippen molar-refractivity contribution in [3.8, 4) is 5.88 Å². The van der Waals surface area contributed by atoms with Crippen molar-refractivity contribution in [1.29, 1.82) is 0 Å². The van der Waals surface area contributed by atoms with Crippen LogP contribution in [0.15, 0.2) is 36.4 Å². The number of halogens is 1. The van der Waals surface area contributed by atoms with E-state index in [4.69, 9.17) is 4.74 Å². The largest absolute Gasteiger partial charge is 0.473 e. The molecule has 2 heterocycles. The van der Waals surface area contributed by atoms with Gasteiger partial charge < -0.3 is 9.55 Å². The highest BCUT2D eigenvalue weighted by Gasteiger charge is 2.19. The maximum absolute atomic E-state index is 14.3. The van der Waals surface area contributed by atoms with Gasteiger partial charge in [0.1, 0.15) is 12.4 Å². The zero-order valence-corrected chi connectivity index (χ0v) is 16.2. The summed E-state index contributed by atoms with van der Waals surface area (Å²) in [6.45, 7) is 5.85. The lowest BCUT2D eigenvalue weighted by Gasteiger charge is -2.29. The zero-order valence-electron chi connectivity index (χ0n) is 16.2. The van der Waals surface area contributed by atoms with Gasteiger partial charge in [-0.1, -0.05) is 32.0 Å². The minimum absolute atomic E-state index is 0.0612. The van der Waals surface area contributed by atoms with Gasteiger partial charge in [-0.15, -0.1) is 0 Å². The van der Waals surface area contributed by atoms with Crippen LogP contribution >= 0.6 is 0 Å². The fourth-order valence-corrected chi connectivity index (χ4v) is 3.35. The number of hydrogen-bond donors (Lipinski definition) is 0. The van der Waals surface area contributed by atoms with Crippen LogP contribution in [0.2, 0.25) is 0 Å². The van der Waals surface area contributed by atoms with E-state index >= 15 is 0 Å². The van der Waals surface area contributed by atoms with E-state index in [9.17, 15) is 9.18 Å². The number of nitrogens with zero attached hydrogens (tertiary/aromatic N) is 2. The first-order valence-electron chi connectivity index (χ1n) is 9.55. The Morgan fingerprint density at radius 1 is 1.30 bits per heavy atom. The van der Waals surface area contributed by atoms with E-state index < -0.39 is 5.82 Å². The number of ether oxygens (including phenoxy) is 1. The van der Waals surface area contributed by atoms with Crippen molar-refractivity contribution in [1.82, 2.24) is 9.79 Å². The zero-order chi connectivity index (χ0) is 19.4. The molecule has 2 aromatic rings. The van der Waals surface area contributed by atoms with Crippen LogP contribution in [0.4, 0.5) is 4.39 Å². The number of Topliss-reactive ketones (excluding diaryl/α,β-unsaturated/α-hetero) is 1. The van der Waals surface area contributed by atoms with Crippen molar-refractivity contribution in [3.63, 3.8) is 0 Å². The van der Waals surface area contributed by atoms with Crippen LogP contribution in [-0.4, -0.2) is 36.6 Å². The number of piperidine rings is 1. The van der Waals surface area contributed by atoms with Crippen molar-refractivity contribution in [2.24, 2.45) is 5.92 Å². The van der Waals surface area contributed by atoms with Gasteiger partial charge in [-0.25, -0.2) is 9.37 Å². The van der Waals surface area contributed by atoms with Gasteiger partial charge in [-0.2, -0.15) is 0 Å². The Labute approximate surface area is 161 Å². The number of aromatic nitrogens is 1. The van der Waals surface area contributed by atoms with Gasteiger partial charge >= 0.3 is 0 Å². The third-order valence-corrected chi connectivity index (χ3v) is 5.12. The summed E-state index contributed by atoms with van der Waals surface area (Å²) >= 11 is 0. The van der Waals surface area contributed by atoms with Crippen molar-refractivity contribution in [2.45, 2.75) is 39.2 Å². The summed E-state index contributed by atoms with van der Waals surface area (Å²) in [6, 6.07) is 10.3. The van der Waals surface area contributed by atoms with Gasteiger partial charge in [0, 0.05) is 34.7 Å². The Kier molecular flexibility index (Phi) is 6.27. The molecule has 1 fully saturated rings. The molecule has 3 rings (SSSR count). The number of ketones is 1. The van der Waals surface area contributed by atoms with E-state index in [1.54, 1.807) is 32.0 Å². The van der Waals surface area contributed by atoms with Gasteiger partial charge in [-0.05, 0) is 38.1 Å². The molecule has 0 amide bonds. The molecule has 1 aliphatic rings. The second kappa shape index (κ2) is 8.66. The fraction of sp³-hybridized carbons (Fsp3) is 0.429. The van der Waals surface area contributed by atoms with Crippen LogP contribution in [0.25, 0.3) is 0 Å². The molecule has 0 aliphatic carbocycles. The first-order chi connectivity index (χ1) is 12.9. The minimum atomic E-state index is -0.423. The molecule has 27 heavy (non-hydrogen) atoms. The summed E-state index contributed by atoms with van der Waals surface area (Å²) < 4.78 is 20.1. The standard InChI is InChI=1S/C21H26BFN2O2/c1-14(2)21(26)16-6-7-17(18(23)12-16)13-27-20-5-3-4-19(24-20)15-8-10-25(22)11-9-15/h3-7,12,14-15H,8-11,13,22H2,1-2H3. The van der Waals surface area contributed by atoms with E-state index in [2.05, 4.69) is 17.8 Å². The van der Waals surface area contributed by atoms with Gasteiger partial charge in [0.25, 0.3) is 0 Å². The second-order valence-electron chi connectivity index (χ2n) is 7.59. The smallest absolute Gasteiger partial charge is 0.213 e. The highest BCUT2D eigenvalue weighted by molar-refractivity contribution is 6.04. The molecule has 1 aromatic heterocycles. The molecule has 4 nitrogen and oxygen atoms in total. The fourth-order valence-electron chi connectivity index (χ4n) is 3.35. The highest BCUT2D eigenvalue weighted by Crippen LogP contribution is 2.27. The molecular weight excluding hydrogens is 342 g/mol. The van der Waals surface area contributed by atoms with Gasteiger partial charge in [0.15, 0.2) is 13.8 Å². The highest BCUT2D eigenvalue weighted by atomic mass is 19.1. The Balaban J connectivity index is 1.65. The SMILES string of the molecule is BN1CCC(c2cccc(OCc3ccc(C(=O)C(C)C)cc3F)n2)CC1. The summed E-state index contributed by atoms with van der Waals surface area (Å²) in [4.78, 5) is 18.9. The topological polar surface area (TPSA) is 42.4 Å². The van der Waals surface area contributed by atoms with E-state index in [1.165, 1.54) is 6.07 Å². The van der Waals surface area contributed by atoms with Gasteiger partial charge in [0.2, 0.25) is 5.88 Å². The third-order valence-electron chi connectivity index (χ3n) is 5.12. The molecule has 0 unspecified atom stereocenters. The van der Waals surface area contributed by atoms with Crippen molar-refractivity contribution >= 4 is 13.8 Å². The van der Waals surface area contributed by atoms with E-state index in [1.807, 2.05) is 12.1 Å². The Bertz CT molecular complexity index is 805. The second-order valence-corrected chi connectivity index (χ2v) is 7.59. The molecule has 0 bridgehead atoms. The summed E-state index contributed by atoms with van der Waals surface area (Å²) in [7, 11) is 2.14. The van der Waals surface area contributed by atoms with Crippen LogP contribution in [-0.2, 0) is 6.61 Å². The number of pyridine rings is 1. The maximum Gasteiger partial charge on any atom is 0.213 e. The number of hydrogen-bond acceptors (Lipinski definition) is 4. The first-order valence-corrected chi connectivity index (χ1v) is 9.55. The van der Waals surface area contributed by atoms with Crippen LogP contribution < -0.4 is 4.74 Å². The lowest BCUT2D eigenvalue weighted by Crippen LogP contribution is -2.30. The van der Waals surface area contributed by atoms with E-state index in [0.717, 1.165) is 31.6 Å². The molecule has 6 heteroatoms. The average molecular weight is 368 g/mol. The summed E-state index contributed by atoms with van der Waals surface area (Å²) in [5, 5.41) is 0. The lowest BCUT2D eigenvalue weighted by atomic mass is 9.92. The van der Waals surface area contributed by atoms with Crippen LogP contribution in [0.3, 0.4) is 0 Å². The maximum atomic E-state index is 14.3. The van der Waals surface area contributed by atoms with Crippen LogP contribution in [0.1, 0.15) is 54.2 Å². The number of carbonyl (C=O) groups is 1. The normalized spacial score (nSPS) is 15.9. The molecule has 1 aliphatic heterocycles. The Hall–Kier alpha value is -2.21. The predicted octanol–water partition coefficient (Wildman–Crippen LogP) is 3.37. The average Bonchev–Trinajstić information content (AvgIpc) is 2.67. The van der Waals surface area contributed by atoms with Crippen LogP contribution in [0, 0.1) is 11.7 Å². The Morgan fingerprint density at radius 2 is 2.04 bits per heavy atom. The van der Waals surface area contributed by atoms with Crippen molar-refractivity contribution in [3.05, 3.63) is 59.0 Å². The van der Waals surface area contributed by atoms with Crippen LogP contribution in [0.5, 0.6) is 5.88 Å². The molecule has 1 aromatic carbocycles. The molecule has 0 N–H and O–H groups in total. The summed E-state index contributed by atoms with van der Waals surface area (Å²) in [5.41, 5.74) is 1.86. The molecule has 0 radical (unpaired) electrons. The summed E-state index contributed by atoms with van der Waals surface area (Å²) in [5.74, 6) is 0.316. The number of carbonyl (C=O) groups excluding carboxylic acids is 1. The monoisotopic (exact) mass is 368 g/mol. The molecule has 0 saturated carbocycles. The molecular formula is C21H26BFN2O2. The molecule has 0 spiro atoms. The Morgan fingerprint density at radius 3 is 2.70 bits per heavy atom. The minimum Gasteiger partial charge on any atom is -0.473 e. The van der Waals surface area contributed by atoms with Gasteiger partial charge in [0.05, 0.1) is 0 Å². The quantitative estimate of drug-likeness (QED) is 0.579. The number of rotatable bonds is 6. The van der Waals surface area contributed by atoms with Crippen molar-refractivity contribution < 1.29 is 13.9 Å². The molecule has 0 atom stereocenters. The third kappa shape index (κ3) is 4.95. The first kappa shape index (κ1) is 19.6. The molecule has 142 valence electrons. The number of benzene rings is 1. The van der Waals surface area contributed by atoms with E-state index in [-0.39, 0.29) is 18.3 Å². The van der Waals surface area contributed by atoms with Crippen molar-refractivity contribution in [2.75, 3.05) is 13.1 Å². The molecule has 1 saturated heterocycles. The lowest BCUT2D eigenvalue weighted by molar-refractivity contribution is 0.0939.